The van der Waals surface area contributed by atoms with Gasteiger partial charge in [-0.1, -0.05) is 0 Å². The summed E-state index contributed by atoms with van der Waals surface area (Å²) in [7, 11) is 0. The smallest absolute Gasteiger partial charge is 0.283 e. The Bertz CT molecular complexity index is 418. The van der Waals surface area contributed by atoms with Crippen LogP contribution in [0.15, 0.2) is 15.5 Å². The molecule has 2 N–H and O–H groups in total. The van der Waals surface area contributed by atoms with Crippen molar-refractivity contribution in [3.63, 3.8) is 0 Å². The van der Waals surface area contributed by atoms with Gasteiger partial charge in [0, 0.05) is 13.1 Å². The standard InChI is InChI=1S/C11H18BrN3O2/c1-3-15-11(17)10(12)9(7-14-15)13-6-4-5-8(2)16/h7-8,13,16H,3-6H2,1-2H3. The van der Waals surface area contributed by atoms with Crippen molar-refractivity contribution in [3.8, 4) is 0 Å². The SMILES string of the molecule is CCn1ncc(NCCCC(C)O)c(Br)c1=O. The molecule has 17 heavy (non-hydrogen) atoms. The van der Waals surface area contributed by atoms with Crippen LogP contribution < -0.4 is 10.9 Å². The molecule has 0 bridgehead atoms. The molecule has 6 heteroatoms. The molecule has 1 heterocycles. The van der Waals surface area contributed by atoms with Crippen LogP contribution in [0.25, 0.3) is 0 Å². The van der Waals surface area contributed by atoms with E-state index in [0.717, 1.165) is 12.8 Å². The van der Waals surface area contributed by atoms with Crippen molar-refractivity contribution in [1.29, 1.82) is 0 Å². The summed E-state index contributed by atoms with van der Waals surface area (Å²) in [5.41, 5.74) is 0.568. The average Bonchev–Trinajstić information content (AvgIpc) is 2.29. The average molecular weight is 304 g/mol. The van der Waals surface area contributed by atoms with E-state index >= 15 is 0 Å². The second-order valence-corrected chi connectivity index (χ2v) is 4.70. The lowest BCUT2D eigenvalue weighted by Crippen LogP contribution is -2.23. The fourth-order valence-corrected chi connectivity index (χ4v) is 1.88. The molecule has 5 nitrogen and oxygen atoms in total. The van der Waals surface area contributed by atoms with Crippen LogP contribution in [0.4, 0.5) is 5.69 Å². The molecule has 0 saturated heterocycles. The molecule has 1 unspecified atom stereocenters. The minimum absolute atomic E-state index is 0.131. The topological polar surface area (TPSA) is 67.2 Å². The Morgan fingerprint density at radius 2 is 2.35 bits per heavy atom. The van der Waals surface area contributed by atoms with Gasteiger partial charge >= 0.3 is 0 Å². The van der Waals surface area contributed by atoms with Crippen molar-refractivity contribution in [3.05, 3.63) is 21.0 Å². The van der Waals surface area contributed by atoms with Crippen LogP contribution >= 0.6 is 15.9 Å². The Morgan fingerprint density at radius 3 is 2.94 bits per heavy atom. The first-order valence-corrected chi connectivity index (χ1v) is 6.53. The third-order valence-corrected chi connectivity index (χ3v) is 3.16. The van der Waals surface area contributed by atoms with Crippen LogP contribution in [0.3, 0.4) is 0 Å². The van der Waals surface area contributed by atoms with E-state index < -0.39 is 0 Å². The predicted octanol–water partition coefficient (Wildman–Crippen LogP) is 1.60. The molecule has 0 radical (unpaired) electrons. The zero-order valence-corrected chi connectivity index (χ0v) is 11.7. The fraction of sp³-hybridized carbons (Fsp3) is 0.636. The first-order valence-electron chi connectivity index (χ1n) is 5.73. The molecule has 1 aromatic rings. The van der Waals surface area contributed by atoms with Crippen molar-refractivity contribution in [2.24, 2.45) is 0 Å². The highest BCUT2D eigenvalue weighted by atomic mass is 79.9. The summed E-state index contributed by atoms with van der Waals surface area (Å²) >= 11 is 3.27. The first kappa shape index (κ1) is 14.2. The van der Waals surface area contributed by atoms with E-state index in [1.165, 1.54) is 4.68 Å². The largest absolute Gasteiger partial charge is 0.393 e. The molecule has 1 aromatic heterocycles. The summed E-state index contributed by atoms with van der Waals surface area (Å²) in [5, 5.41) is 16.3. The molecule has 1 atom stereocenters. The van der Waals surface area contributed by atoms with Crippen LogP contribution in [-0.2, 0) is 6.54 Å². The summed E-state index contributed by atoms with van der Waals surface area (Å²) in [5.74, 6) is 0. The van der Waals surface area contributed by atoms with Crippen molar-refractivity contribution in [2.75, 3.05) is 11.9 Å². The quantitative estimate of drug-likeness (QED) is 0.783. The maximum atomic E-state index is 11.7. The Kier molecular flexibility index (Phi) is 5.64. The molecular weight excluding hydrogens is 286 g/mol. The van der Waals surface area contributed by atoms with Gasteiger partial charge in [-0.05, 0) is 42.6 Å². The van der Waals surface area contributed by atoms with E-state index in [2.05, 4.69) is 26.3 Å². The second-order valence-electron chi connectivity index (χ2n) is 3.91. The summed E-state index contributed by atoms with van der Waals surface area (Å²) in [6.07, 6.45) is 2.94. The van der Waals surface area contributed by atoms with Gasteiger partial charge in [-0.25, -0.2) is 4.68 Å². The van der Waals surface area contributed by atoms with Crippen LogP contribution in [0, 0.1) is 0 Å². The van der Waals surface area contributed by atoms with Gasteiger partial charge in [-0.2, -0.15) is 5.10 Å². The van der Waals surface area contributed by atoms with Crippen LogP contribution in [-0.4, -0.2) is 27.5 Å². The van der Waals surface area contributed by atoms with Gasteiger partial charge in [0.1, 0.15) is 4.47 Å². The lowest BCUT2D eigenvalue weighted by Gasteiger charge is -2.10. The van der Waals surface area contributed by atoms with Crippen molar-refractivity contribution < 1.29 is 5.11 Å². The number of halogens is 1. The maximum Gasteiger partial charge on any atom is 0.283 e. The number of hydrogen-bond donors (Lipinski definition) is 2. The van der Waals surface area contributed by atoms with Crippen LogP contribution in [0.5, 0.6) is 0 Å². The molecule has 1 rings (SSSR count). The number of aromatic nitrogens is 2. The highest BCUT2D eigenvalue weighted by molar-refractivity contribution is 9.10. The van der Waals surface area contributed by atoms with Gasteiger partial charge in [-0.3, -0.25) is 4.79 Å². The van der Waals surface area contributed by atoms with Gasteiger partial charge in [0.25, 0.3) is 5.56 Å². The molecule has 0 fully saturated rings. The minimum Gasteiger partial charge on any atom is -0.393 e. The lowest BCUT2D eigenvalue weighted by atomic mass is 10.2. The number of aliphatic hydroxyl groups excluding tert-OH is 1. The van der Waals surface area contributed by atoms with Gasteiger partial charge in [0.15, 0.2) is 0 Å². The normalized spacial score (nSPS) is 12.5. The van der Waals surface area contributed by atoms with E-state index in [-0.39, 0.29) is 11.7 Å². The van der Waals surface area contributed by atoms with E-state index in [0.29, 0.717) is 23.2 Å². The maximum absolute atomic E-state index is 11.7. The van der Waals surface area contributed by atoms with E-state index in [1.807, 2.05) is 6.92 Å². The Hall–Kier alpha value is -0.880. The van der Waals surface area contributed by atoms with E-state index in [4.69, 9.17) is 5.11 Å². The van der Waals surface area contributed by atoms with Gasteiger partial charge in [0.2, 0.25) is 0 Å². The predicted molar refractivity (Wildman–Crippen MR) is 71.3 cm³/mol. The Labute approximate surface area is 109 Å². The van der Waals surface area contributed by atoms with Crippen molar-refractivity contribution in [2.45, 2.75) is 39.3 Å². The van der Waals surface area contributed by atoms with Gasteiger partial charge < -0.3 is 10.4 Å². The molecule has 0 aliphatic heterocycles. The molecule has 0 spiro atoms. The minimum atomic E-state index is -0.286. The van der Waals surface area contributed by atoms with Crippen LogP contribution in [0.1, 0.15) is 26.7 Å². The number of aliphatic hydroxyl groups is 1. The second kappa shape index (κ2) is 6.76. The number of nitrogens with one attached hydrogen (secondary N) is 1. The van der Waals surface area contributed by atoms with Crippen molar-refractivity contribution in [1.82, 2.24) is 9.78 Å². The molecule has 0 aromatic carbocycles. The molecule has 0 amide bonds. The number of anilines is 1. The van der Waals surface area contributed by atoms with E-state index in [1.54, 1.807) is 13.1 Å². The molecular formula is C11H18BrN3O2. The highest BCUT2D eigenvalue weighted by Crippen LogP contribution is 2.16. The number of rotatable bonds is 6. The molecule has 0 saturated carbocycles. The van der Waals surface area contributed by atoms with Gasteiger partial charge in [0.05, 0.1) is 18.0 Å². The zero-order valence-electron chi connectivity index (χ0n) is 10.1. The summed E-state index contributed by atoms with van der Waals surface area (Å²) in [4.78, 5) is 11.7. The fourth-order valence-electron chi connectivity index (χ4n) is 1.43. The van der Waals surface area contributed by atoms with Gasteiger partial charge in [-0.15, -0.1) is 0 Å². The third-order valence-electron chi connectivity index (χ3n) is 2.40. The number of aryl methyl sites for hydroxylation is 1. The number of nitrogens with zero attached hydrogens (tertiary/aromatic N) is 2. The Balaban J connectivity index is 2.61. The van der Waals surface area contributed by atoms with E-state index in [9.17, 15) is 4.79 Å². The summed E-state index contributed by atoms with van der Waals surface area (Å²) in [6.45, 7) is 4.90. The molecule has 0 aliphatic carbocycles. The molecule has 0 aliphatic rings. The summed E-state index contributed by atoms with van der Waals surface area (Å²) in [6, 6.07) is 0. The first-order chi connectivity index (χ1) is 8.06. The van der Waals surface area contributed by atoms with Crippen LogP contribution in [0.2, 0.25) is 0 Å². The number of hydrogen-bond acceptors (Lipinski definition) is 4. The summed E-state index contributed by atoms with van der Waals surface area (Å²) < 4.78 is 1.90. The third kappa shape index (κ3) is 4.12. The zero-order chi connectivity index (χ0) is 12.8. The highest BCUT2D eigenvalue weighted by Gasteiger charge is 2.07. The lowest BCUT2D eigenvalue weighted by molar-refractivity contribution is 0.183. The monoisotopic (exact) mass is 303 g/mol. The Morgan fingerprint density at radius 1 is 1.65 bits per heavy atom. The molecule has 96 valence electrons. The van der Waals surface area contributed by atoms with Crippen molar-refractivity contribution >= 4 is 21.6 Å².